The van der Waals surface area contributed by atoms with Gasteiger partial charge in [-0.15, -0.1) is 11.8 Å². The fraction of sp³-hybridized carbons (Fsp3) is 0.333. The molecule has 0 fully saturated rings. The summed E-state index contributed by atoms with van der Waals surface area (Å²) >= 11 is 3.36. The lowest BCUT2D eigenvalue weighted by Gasteiger charge is -2.06. The second kappa shape index (κ2) is 8.23. The lowest BCUT2D eigenvalue weighted by Crippen LogP contribution is -2.14. The molecule has 1 N–H and O–H groups in total. The molecule has 26 heavy (non-hydrogen) atoms. The first-order chi connectivity index (χ1) is 12.4. The molecule has 1 amide bonds. The third-order valence-electron chi connectivity index (χ3n) is 3.99. The summed E-state index contributed by atoms with van der Waals surface area (Å²) in [5.74, 6) is 0.453. The monoisotopic (exact) mass is 384 g/mol. The highest BCUT2D eigenvalue weighted by Gasteiger charge is 2.10. The topological polar surface area (TPSA) is 42.0 Å². The van der Waals surface area contributed by atoms with E-state index < -0.39 is 0 Å². The third-order valence-corrected chi connectivity index (χ3v) is 5.93. The van der Waals surface area contributed by atoms with Crippen molar-refractivity contribution in [1.29, 1.82) is 0 Å². The fourth-order valence-corrected chi connectivity index (χ4v) is 4.43. The van der Waals surface area contributed by atoms with Crippen LogP contribution in [0.4, 0.5) is 5.13 Å². The molecule has 0 unspecified atom stereocenters. The molecule has 136 valence electrons. The predicted octanol–water partition coefficient (Wildman–Crippen LogP) is 6.10. The van der Waals surface area contributed by atoms with Gasteiger partial charge in [0.25, 0.3) is 0 Å². The first kappa shape index (κ1) is 18.9. The van der Waals surface area contributed by atoms with Crippen LogP contribution in [-0.4, -0.2) is 16.1 Å². The zero-order valence-corrected chi connectivity index (χ0v) is 17.2. The minimum absolute atomic E-state index is 0.0302. The smallest absolute Gasteiger partial charge is 0.230 e. The van der Waals surface area contributed by atoms with E-state index in [1.54, 1.807) is 0 Å². The van der Waals surface area contributed by atoms with Crippen LogP contribution >= 0.6 is 23.1 Å². The van der Waals surface area contributed by atoms with Crippen LogP contribution < -0.4 is 5.32 Å². The number of amides is 1. The maximum Gasteiger partial charge on any atom is 0.230 e. The van der Waals surface area contributed by atoms with Gasteiger partial charge in [-0.2, -0.15) is 0 Å². The molecule has 3 rings (SSSR count). The molecule has 0 aliphatic heterocycles. The van der Waals surface area contributed by atoms with E-state index in [1.165, 1.54) is 21.8 Å². The van der Waals surface area contributed by atoms with E-state index in [0.717, 1.165) is 15.8 Å². The second-order valence-electron chi connectivity index (χ2n) is 6.94. The van der Waals surface area contributed by atoms with Crippen molar-refractivity contribution < 1.29 is 4.79 Å². The number of hydrogen-bond donors (Lipinski definition) is 1. The Morgan fingerprint density at radius 1 is 1.12 bits per heavy atom. The third kappa shape index (κ3) is 4.86. The van der Waals surface area contributed by atoms with E-state index in [4.69, 9.17) is 0 Å². The minimum atomic E-state index is -0.0302. The van der Waals surface area contributed by atoms with E-state index >= 15 is 0 Å². The lowest BCUT2D eigenvalue weighted by atomic mass is 10.0. The van der Waals surface area contributed by atoms with Gasteiger partial charge in [0, 0.05) is 10.1 Å². The van der Waals surface area contributed by atoms with Gasteiger partial charge in [0.15, 0.2) is 5.13 Å². The molecular weight excluding hydrogens is 360 g/mol. The molecule has 0 spiro atoms. The summed E-state index contributed by atoms with van der Waals surface area (Å²) in [6.45, 7) is 8.70. The predicted molar refractivity (Wildman–Crippen MR) is 113 cm³/mol. The Hall–Kier alpha value is -1.85. The number of anilines is 1. The molecule has 1 heterocycles. The first-order valence-electron chi connectivity index (χ1n) is 8.86. The number of nitrogens with one attached hydrogen (secondary N) is 1. The lowest BCUT2D eigenvalue weighted by molar-refractivity contribution is -0.115. The molecule has 0 radical (unpaired) electrons. The standard InChI is InChI=1S/C21H24N2OS2/c1-13(2)16-7-10-18-19(12-16)26-21(22-18)23-20(24)11-15-5-8-17(9-6-15)25-14(3)4/h5-10,12-14H,11H2,1-4H3,(H,22,23,24). The van der Waals surface area contributed by atoms with Gasteiger partial charge < -0.3 is 5.32 Å². The first-order valence-corrected chi connectivity index (χ1v) is 10.6. The number of thiazole rings is 1. The van der Waals surface area contributed by atoms with Crippen LogP contribution in [-0.2, 0) is 11.2 Å². The molecule has 0 saturated heterocycles. The molecule has 0 saturated carbocycles. The van der Waals surface area contributed by atoms with Crippen molar-refractivity contribution in [2.24, 2.45) is 0 Å². The number of hydrogen-bond acceptors (Lipinski definition) is 4. The highest BCUT2D eigenvalue weighted by molar-refractivity contribution is 7.99. The summed E-state index contributed by atoms with van der Waals surface area (Å²) in [5.41, 5.74) is 3.24. The molecule has 3 nitrogen and oxygen atoms in total. The van der Waals surface area contributed by atoms with Crippen molar-refractivity contribution in [3.63, 3.8) is 0 Å². The van der Waals surface area contributed by atoms with Crippen molar-refractivity contribution in [2.75, 3.05) is 5.32 Å². The summed E-state index contributed by atoms with van der Waals surface area (Å²) in [6, 6.07) is 14.5. The van der Waals surface area contributed by atoms with Crippen LogP contribution in [0.2, 0.25) is 0 Å². The van der Waals surface area contributed by atoms with E-state index in [1.807, 2.05) is 30.0 Å². The second-order valence-corrected chi connectivity index (χ2v) is 9.62. The molecule has 0 aliphatic carbocycles. The zero-order valence-electron chi connectivity index (χ0n) is 15.6. The zero-order chi connectivity index (χ0) is 18.7. The Labute approximate surface area is 163 Å². The number of thioether (sulfide) groups is 1. The van der Waals surface area contributed by atoms with Crippen molar-refractivity contribution >= 4 is 44.4 Å². The summed E-state index contributed by atoms with van der Waals surface area (Å²) in [6.07, 6.45) is 0.361. The van der Waals surface area contributed by atoms with Crippen molar-refractivity contribution in [1.82, 2.24) is 4.98 Å². The van der Waals surface area contributed by atoms with Crippen LogP contribution in [0.5, 0.6) is 0 Å². The largest absolute Gasteiger partial charge is 0.302 e. The average molecular weight is 385 g/mol. The van der Waals surface area contributed by atoms with Gasteiger partial charge in [-0.05, 0) is 41.3 Å². The van der Waals surface area contributed by atoms with Crippen LogP contribution in [0.3, 0.4) is 0 Å². The summed E-state index contributed by atoms with van der Waals surface area (Å²) in [4.78, 5) is 18.1. The van der Waals surface area contributed by atoms with Gasteiger partial charge in [-0.1, -0.05) is 57.2 Å². The maximum atomic E-state index is 12.3. The Kier molecular flexibility index (Phi) is 5.99. The van der Waals surface area contributed by atoms with E-state index in [2.05, 4.69) is 62.3 Å². The Morgan fingerprint density at radius 3 is 2.50 bits per heavy atom. The van der Waals surface area contributed by atoms with Gasteiger partial charge in [-0.3, -0.25) is 4.79 Å². The highest BCUT2D eigenvalue weighted by Crippen LogP contribution is 2.29. The van der Waals surface area contributed by atoms with Gasteiger partial charge in [0.1, 0.15) is 0 Å². The SMILES string of the molecule is CC(C)Sc1ccc(CC(=O)Nc2nc3ccc(C(C)C)cc3s2)cc1. The van der Waals surface area contributed by atoms with Crippen molar-refractivity contribution in [3.8, 4) is 0 Å². The molecule has 3 aromatic rings. The number of fused-ring (bicyclic) bond motifs is 1. The summed E-state index contributed by atoms with van der Waals surface area (Å²) < 4.78 is 1.11. The van der Waals surface area contributed by atoms with Crippen LogP contribution in [0, 0.1) is 0 Å². The number of carbonyl (C=O) groups excluding carboxylic acids is 1. The Bertz CT molecular complexity index is 898. The maximum absolute atomic E-state index is 12.3. The van der Waals surface area contributed by atoms with Gasteiger partial charge in [0.2, 0.25) is 5.91 Å². The molecule has 0 bridgehead atoms. The van der Waals surface area contributed by atoms with E-state index in [-0.39, 0.29) is 5.91 Å². The quantitative estimate of drug-likeness (QED) is 0.522. The van der Waals surface area contributed by atoms with Crippen molar-refractivity contribution in [3.05, 3.63) is 53.6 Å². The molecule has 0 atom stereocenters. The number of benzene rings is 2. The molecule has 1 aromatic heterocycles. The number of nitrogens with zero attached hydrogens (tertiary/aromatic N) is 1. The molecule has 5 heteroatoms. The minimum Gasteiger partial charge on any atom is -0.302 e. The molecule has 0 aliphatic rings. The molecule has 2 aromatic carbocycles. The average Bonchev–Trinajstić information content (AvgIpc) is 2.97. The van der Waals surface area contributed by atoms with Crippen molar-refractivity contribution in [2.45, 2.75) is 50.2 Å². The number of carbonyl (C=O) groups is 1. The van der Waals surface area contributed by atoms with Gasteiger partial charge in [-0.25, -0.2) is 4.98 Å². The summed E-state index contributed by atoms with van der Waals surface area (Å²) in [5, 5.41) is 4.16. The van der Waals surface area contributed by atoms with Crippen LogP contribution in [0.15, 0.2) is 47.4 Å². The Balaban J connectivity index is 1.65. The normalized spacial score (nSPS) is 11.5. The van der Waals surface area contributed by atoms with Crippen LogP contribution in [0.1, 0.15) is 44.7 Å². The van der Waals surface area contributed by atoms with E-state index in [9.17, 15) is 4.79 Å². The number of rotatable bonds is 6. The Morgan fingerprint density at radius 2 is 1.85 bits per heavy atom. The molecular formula is C21H24N2OS2. The van der Waals surface area contributed by atoms with Gasteiger partial charge >= 0.3 is 0 Å². The fourth-order valence-electron chi connectivity index (χ4n) is 2.66. The van der Waals surface area contributed by atoms with E-state index in [0.29, 0.717) is 22.7 Å². The van der Waals surface area contributed by atoms with Crippen LogP contribution in [0.25, 0.3) is 10.2 Å². The van der Waals surface area contributed by atoms with Gasteiger partial charge in [0.05, 0.1) is 16.6 Å². The number of aromatic nitrogens is 1. The summed E-state index contributed by atoms with van der Waals surface area (Å²) in [7, 11) is 0. The highest BCUT2D eigenvalue weighted by atomic mass is 32.2.